The molecule has 0 aliphatic heterocycles. The van der Waals surface area contributed by atoms with Crippen molar-refractivity contribution in [3.8, 4) is 11.4 Å². The van der Waals surface area contributed by atoms with Crippen LogP contribution in [0.1, 0.15) is 0 Å². The fourth-order valence-electron chi connectivity index (χ4n) is 1.53. The third-order valence-electron chi connectivity index (χ3n) is 2.28. The van der Waals surface area contributed by atoms with Crippen molar-refractivity contribution >= 4 is 26.8 Å². The van der Waals surface area contributed by atoms with Crippen LogP contribution in [-0.4, -0.2) is 25.4 Å². The van der Waals surface area contributed by atoms with Crippen LogP contribution < -0.4 is 5.69 Å². The van der Waals surface area contributed by atoms with E-state index < -0.39 is 0 Å². The molecule has 0 saturated carbocycles. The lowest BCUT2D eigenvalue weighted by atomic mass is 10.1. The van der Waals surface area contributed by atoms with E-state index in [1.54, 1.807) is 0 Å². The Kier molecular flexibility index (Phi) is 1.93. The minimum atomic E-state index is -0.318. The Bertz CT molecular complexity index is 710. The highest BCUT2D eigenvalue weighted by Gasteiger charge is 2.07. The topological polar surface area (TPSA) is 90.2 Å². The standard InChI is InChI=1S/C9H6BrN5O/c10-7-5-3-4(1-2-6(5)12-13-7)8-11-9(16)15-14-8/h1-3H,(H,12,13)(H2,11,14,15,16). The lowest BCUT2D eigenvalue weighted by Crippen LogP contribution is -2.00. The van der Waals surface area contributed by atoms with Crippen LogP contribution in [0.5, 0.6) is 0 Å². The first-order chi connectivity index (χ1) is 7.74. The predicted octanol–water partition coefficient (Wildman–Crippen LogP) is 1.40. The summed E-state index contributed by atoms with van der Waals surface area (Å²) in [5.41, 5.74) is 1.36. The van der Waals surface area contributed by atoms with Gasteiger partial charge in [-0.1, -0.05) is 0 Å². The second-order valence-electron chi connectivity index (χ2n) is 3.30. The van der Waals surface area contributed by atoms with E-state index in [1.165, 1.54) is 0 Å². The molecule has 0 radical (unpaired) electrons. The van der Waals surface area contributed by atoms with E-state index in [1.807, 2.05) is 18.2 Å². The number of aromatic amines is 3. The van der Waals surface area contributed by atoms with Gasteiger partial charge in [-0.25, -0.2) is 9.89 Å². The third kappa shape index (κ3) is 1.36. The van der Waals surface area contributed by atoms with E-state index >= 15 is 0 Å². The second-order valence-corrected chi connectivity index (χ2v) is 4.09. The average Bonchev–Trinajstić information content (AvgIpc) is 2.86. The number of benzene rings is 1. The minimum absolute atomic E-state index is 0.318. The summed E-state index contributed by atoms with van der Waals surface area (Å²) in [6.07, 6.45) is 0. The summed E-state index contributed by atoms with van der Waals surface area (Å²) in [4.78, 5) is 13.5. The van der Waals surface area contributed by atoms with Crippen molar-refractivity contribution in [2.75, 3.05) is 0 Å². The van der Waals surface area contributed by atoms with E-state index in [9.17, 15) is 4.79 Å². The summed E-state index contributed by atoms with van der Waals surface area (Å²) in [5, 5.41) is 14.1. The summed E-state index contributed by atoms with van der Waals surface area (Å²) in [6, 6.07) is 5.61. The van der Waals surface area contributed by atoms with E-state index in [-0.39, 0.29) is 5.69 Å². The molecule has 0 unspecified atom stereocenters. The molecule has 16 heavy (non-hydrogen) atoms. The van der Waals surface area contributed by atoms with Gasteiger partial charge in [-0.15, -0.1) is 0 Å². The summed E-state index contributed by atoms with van der Waals surface area (Å²) in [6.45, 7) is 0. The smallest absolute Gasteiger partial charge is 0.289 e. The summed E-state index contributed by atoms with van der Waals surface area (Å²) >= 11 is 3.36. The molecule has 0 bridgehead atoms. The van der Waals surface area contributed by atoms with E-state index in [0.717, 1.165) is 21.1 Å². The Morgan fingerprint density at radius 1 is 1.19 bits per heavy atom. The quantitative estimate of drug-likeness (QED) is 0.629. The maximum absolute atomic E-state index is 10.9. The molecule has 0 saturated heterocycles. The summed E-state index contributed by atoms with van der Waals surface area (Å²) < 4.78 is 0.808. The van der Waals surface area contributed by atoms with E-state index in [0.29, 0.717) is 5.82 Å². The molecule has 3 N–H and O–H groups in total. The highest BCUT2D eigenvalue weighted by Crippen LogP contribution is 2.25. The first-order valence-electron chi connectivity index (χ1n) is 4.53. The van der Waals surface area contributed by atoms with Crippen LogP contribution in [0.2, 0.25) is 0 Å². The molecule has 0 spiro atoms. The number of halogens is 1. The Morgan fingerprint density at radius 2 is 2.06 bits per heavy atom. The summed E-state index contributed by atoms with van der Waals surface area (Å²) in [7, 11) is 0. The van der Waals surface area contributed by atoms with Crippen molar-refractivity contribution in [2.24, 2.45) is 0 Å². The van der Waals surface area contributed by atoms with Crippen LogP contribution in [0.3, 0.4) is 0 Å². The van der Waals surface area contributed by atoms with Crippen LogP contribution in [-0.2, 0) is 0 Å². The number of hydrogen-bond donors (Lipinski definition) is 3. The molecule has 0 amide bonds. The molecule has 1 aromatic carbocycles. The van der Waals surface area contributed by atoms with Gasteiger partial charge in [0, 0.05) is 10.9 Å². The molecule has 0 aliphatic carbocycles. The fraction of sp³-hybridized carbons (Fsp3) is 0. The highest BCUT2D eigenvalue weighted by molar-refractivity contribution is 9.10. The van der Waals surface area contributed by atoms with Gasteiger partial charge in [0.2, 0.25) is 0 Å². The number of rotatable bonds is 1. The van der Waals surface area contributed by atoms with Gasteiger partial charge in [0.05, 0.1) is 5.52 Å². The van der Waals surface area contributed by atoms with Crippen LogP contribution >= 0.6 is 15.9 Å². The Labute approximate surface area is 97.2 Å². The molecule has 80 valence electrons. The Morgan fingerprint density at radius 3 is 2.81 bits per heavy atom. The van der Waals surface area contributed by atoms with E-state index in [4.69, 9.17) is 0 Å². The molecule has 2 aromatic heterocycles. The number of H-pyrrole nitrogens is 3. The maximum atomic E-state index is 10.9. The highest BCUT2D eigenvalue weighted by atomic mass is 79.9. The molecule has 0 fully saturated rings. The van der Waals surface area contributed by atoms with Crippen molar-refractivity contribution in [3.63, 3.8) is 0 Å². The molecule has 7 heteroatoms. The molecular formula is C9H6BrN5O. The van der Waals surface area contributed by atoms with E-state index in [2.05, 4.69) is 41.3 Å². The fourth-order valence-corrected chi connectivity index (χ4v) is 1.94. The Hall–Kier alpha value is -1.89. The molecule has 6 nitrogen and oxygen atoms in total. The monoisotopic (exact) mass is 279 g/mol. The number of nitrogens with zero attached hydrogens (tertiary/aromatic N) is 2. The van der Waals surface area contributed by atoms with Gasteiger partial charge in [0.1, 0.15) is 4.60 Å². The van der Waals surface area contributed by atoms with Crippen molar-refractivity contribution in [3.05, 3.63) is 33.3 Å². The van der Waals surface area contributed by atoms with Crippen LogP contribution in [0, 0.1) is 0 Å². The van der Waals surface area contributed by atoms with Crippen LogP contribution in [0.25, 0.3) is 22.3 Å². The first-order valence-corrected chi connectivity index (χ1v) is 5.32. The molecule has 2 heterocycles. The first kappa shape index (κ1) is 9.34. The van der Waals surface area contributed by atoms with Crippen molar-refractivity contribution in [1.29, 1.82) is 0 Å². The normalized spacial score (nSPS) is 11.1. The molecule has 0 aliphatic rings. The zero-order valence-corrected chi connectivity index (χ0v) is 9.50. The number of nitrogens with one attached hydrogen (secondary N) is 3. The molecule has 3 aromatic rings. The number of hydrogen-bond acceptors (Lipinski definition) is 3. The lowest BCUT2D eigenvalue weighted by Gasteiger charge is -1.95. The second kappa shape index (κ2) is 3.31. The third-order valence-corrected chi connectivity index (χ3v) is 2.89. The molecule has 0 atom stereocenters. The number of aromatic nitrogens is 5. The zero-order chi connectivity index (χ0) is 11.1. The van der Waals surface area contributed by atoms with Gasteiger partial charge in [-0.3, -0.25) is 10.1 Å². The van der Waals surface area contributed by atoms with Gasteiger partial charge in [-0.05, 0) is 34.1 Å². The van der Waals surface area contributed by atoms with Gasteiger partial charge >= 0.3 is 5.69 Å². The van der Waals surface area contributed by atoms with Gasteiger partial charge in [0.25, 0.3) is 0 Å². The SMILES string of the molecule is O=c1[nH]nc(-c2ccc3n[nH]c(Br)c3c2)[nH]1. The van der Waals surface area contributed by atoms with Gasteiger partial charge in [0.15, 0.2) is 5.82 Å². The molecular weight excluding hydrogens is 274 g/mol. The number of fused-ring (bicyclic) bond motifs is 1. The van der Waals surface area contributed by atoms with Crippen molar-refractivity contribution in [1.82, 2.24) is 25.4 Å². The molecule has 3 rings (SSSR count). The summed E-state index contributed by atoms with van der Waals surface area (Å²) in [5.74, 6) is 0.514. The average molecular weight is 280 g/mol. The van der Waals surface area contributed by atoms with Gasteiger partial charge < -0.3 is 0 Å². The van der Waals surface area contributed by atoms with Crippen molar-refractivity contribution in [2.45, 2.75) is 0 Å². The Balaban J connectivity index is 2.24. The maximum Gasteiger partial charge on any atom is 0.340 e. The van der Waals surface area contributed by atoms with Gasteiger partial charge in [-0.2, -0.15) is 10.2 Å². The van der Waals surface area contributed by atoms with Crippen LogP contribution in [0.4, 0.5) is 0 Å². The minimum Gasteiger partial charge on any atom is -0.289 e. The van der Waals surface area contributed by atoms with Crippen LogP contribution in [0.15, 0.2) is 27.6 Å². The van der Waals surface area contributed by atoms with Crippen molar-refractivity contribution < 1.29 is 0 Å². The largest absolute Gasteiger partial charge is 0.340 e. The zero-order valence-electron chi connectivity index (χ0n) is 7.91. The predicted molar refractivity (Wildman–Crippen MR) is 62.0 cm³/mol. The lowest BCUT2D eigenvalue weighted by molar-refractivity contribution is 1.05.